The third-order valence-corrected chi connectivity index (χ3v) is 2.79. The fourth-order valence-electron chi connectivity index (χ4n) is 1.86. The minimum atomic E-state index is -0.185. The van der Waals surface area contributed by atoms with Crippen molar-refractivity contribution in [2.75, 3.05) is 5.32 Å². The maximum Gasteiger partial charge on any atom is 0.255 e. The Kier molecular flexibility index (Phi) is 3.50. The van der Waals surface area contributed by atoms with Gasteiger partial charge in [-0.1, -0.05) is 23.6 Å². The van der Waals surface area contributed by atoms with Gasteiger partial charge in [-0.15, -0.1) is 6.42 Å². The zero-order chi connectivity index (χ0) is 13.8. The third kappa shape index (κ3) is 2.91. The molecular weight excluding hydrogens is 236 g/mol. The number of benzene rings is 1. The molecule has 3 heteroatoms. The van der Waals surface area contributed by atoms with Crippen LogP contribution in [0.1, 0.15) is 24.5 Å². The Bertz CT molecular complexity index is 649. The number of nitriles is 1. The maximum atomic E-state index is 12.0. The monoisotopic (exact) mass is 248 g/mol. The van der Waals surface area contributed by atoms with Crippen molar-refractivity contribution >= 4 is 11.6 Å². The number of amides is 1. The standard InChI is InChI=1S/C16H12N2O/c1-3-12-7-13(10-17)9-15(8-12)18-16(19)14-5-4-11(2)6-14/h1,5-9H,4H2,2H3,(H,18,19). The molecule has 92 valence electrons. The molecule has 1 amide bonds. The average Bonchev–Trinajstić information content (AvgIpc) is 2.85. The van der Waals surface area contributed by atoms with Crippen LogP contribution in [0.3, 0.4) is 0 Å². The summed E-state index contributed by atoms with van der Waals surface area (Å²) in [5.41, 5.74) is 3.33. The normalized spacial score (nSPS) is 13.0. The Morgan fingerprint density at radius 3 is 2.68 bits per heavy atom. The molecule has 3 nitrogen and oxygen atoms in total. The quantitative estimate of drug-likeness (QED) is 0.818. The second-order valence-corrected chi connectivity index (χ2v) is 4.36. The van der Waals surface area contributed by atoms with Crippen molar-refractivity contribution in [1.82, 2.24) is 0 Å². The van der Waals surface area contributed by atoms with Crippen LogP contribution in [0.25, 0.3) is 0 Å². The Balaban J connectivity index is 2.23. The first-order valence-electron chi connectivity index (χ1n) is 5.83. The lowest BCUT2D eigenvalue weighted by Crippen LogP contribution is -2.12. The lowest BCUT2D eigenvalue weighted by molar-refractivity contribution is -0.112. The summed E-state index contributed by atoms with van der Waals surface area (Å²) in [5.74, 6) is 2.28. The molecule has 0 saturated carbocycles. The number of rotatable bonds is 2. The molecule has 1 aliphatic rings. The van der Waals surface area contributed by atoms with Crippen molar-refractivity contribution in [2.45, 2.75) is 13.3 Å². The first-order chi connectivity index (χ1) is 9.12. The maximum absolute atomic E-state index is 12.0. The van der Waals surface area contributed by atoms with E-state index in [-0.39, 0.29) is 5.91 Å². The summed E-state index contributed by atoms with van der Waals surface area (Å²) >= 11 is 0. The topological polar surface area (TPSA) is 52.9 Å². The highest BCUT2D eigenvalue weighted by molar-refractivity contribution is 6.06. The van der Waals surface area contributed by atoms with Gasteiger partial charge in [0.15, 0.2) is 0 Å². The molecule has 1 N–H and O–H groups in total. The highest BCUT2D eigenvalue weighted by Gasteiger charge is 2.12. The van der Waals surface area contributed by atoms with Gasteiger partial charge in [0.25, 0.3) is 5.91 Å². The lowest BCUT2D eigenvalue weighted by atomic mass is 10.1. The lowest BCUT2D eigenvalue weighted by Gasteiger charge is -2.06. The third-order valence-electron chi connectivity index (χ3n) is 2.79. The first-order valence-corrected chi connectivity index (χ1v) is 5.83. The molecule has 0 saturated heterocycles. The van der Waals surface area contributed by atoms with Gasteiger partial charge in [0.2, 0.25) is 0 Å². The summed E-state index contributed by atoms with van der Waals surface area (Å²) in [6, 6.07) is 6.90. The molecule has 0 aromatic heterocycles. The largest absolute Gasteiger partial charge is 0.322 e. The molecule has 0 bridgehead atoms. The van der Waals surface area contributed by atoms with Crippen molar-refractivity contribution < 1.29 is 4.79 Å². The van der Waals surface area contributed by atoms with Crippen LogP contribution in [0.4, 0.5) is 5.69 Å². The van der Waals surface area contributed by atoms with E-state index in [9.17, 15) is 4.79 Å². The number of allylic oxidation sites excluding steroid dienone is 2. The number of hydrogen-bond donors (Lipinski definition) is 1. The van der Waals surface area contributed by atoms with E-state index in [0.29, 0.717) is 22.4 Å². The second kappa shape index (κ2) is 5.25. The Morgan fingerprint density at radius 2 is 2.11 bits per heavy atom. The second-order valence-electron chi connectivity index (χ2n) is 4.36. The van der Waals surface area contributed by atoms with Crippen molar-refractivity contribution in [3.8, 4) is 18.4 Å². The number of nitrogens with one attached hydrogen (secondary N) is 1. The van der Waals surface area contributed by atoms with Crippen LogP contribution in [0.15, 0.2) is 41.5 Å². The van der Waals surface area contributed by atoms with E-state index in [2.05, 4.69) is 11.2 Å². The molecule has 19 heavy (non-hydrogen) atoms. The number of anilines is 1. The van der Waals surface area contributed by atoms with Crippen molar-refractivity contribution in [2.24, 2.45) is 0 Å². The van der Waals surface area contributed by atoms with Gasteiger partial charge < -0.3 is 5.32 Å². The van der Waals surface area contributed by atoms with Crippen LogP contribution >= 0.6 is 0 Å². The molecule has 0 atom stereocenters. The minimum absolute atomic E-state index is 0.185. The summed E-state index contributed by atoms with van der Waals surface area (Å²) in [4.78, 5) is 12.0. The zero-order valence-electron chi connectivity index (χ0n) is 10.5. The molecule has 0 aliphatic heterocycles. The van der Waals surface area contributed by atoms with Crippen LogP contribution < -0.4 is 5.32 Å². The van der Waals surface area contributed by atoms with Crippen molar-refractivity contribution in [3.05, 3.63) is 52.6 Å². The smallest absolute Gasteiger partial charge is 0.255 e. The molecule has 1 aromatic carbocycles. The predicted molar refractivity (Wildman–Crippen MR) is 74.2 cm³/mol. The number of carbonyl (C=O) groups excluding carboxylic acids is 1. The zero-order valence-corrected chi connectivity index (χ0v) is 10.5. The van der Waals surface area contributed by atoms with Crippen LogP contribution in [0.5, 0.6) is 0 Å². The van der Waals surface area contributed by atoms with Crippen LogP contribution in [0, 0.1) is 23.7 Å². The fourth-order valence-corrected chi connectivity index (χ4v) is 1.86. The first kappa shape index (κ1) is 12.7. The van der Waals surface area contributed by atoms with E-state index in [1.54, 1.807) is 18.2 Å². The van der Waals surface area contributed by atoms with E-state index in [0.717, 1.165) is 12.0 Å². The molecule has 0 fully saturated rings. The van der Waals surface area contributed by atoms with E-state index in [4.69, 9.17) is 11.7 Å². The van der Waals surface area contributed by atoms with Gasteiger partial charge in [-0.05, 0) is 31.5 Å². The molecule has 0 unspecified atom stereocenters. The number of carbonyl (C=O) groups is 1. The van der Waals surface area contributed by atoms with Gasteiger partial charge in [0.1, 0.15) is 0 Å². The van der Waals surface area contributed by atoms with E-state index in [1.807, 2.05) is 25.1 Å². The minimum Gasteiger partial charge on any atom is -0.322 e. The Hall–Kier alpha value is -2.78. The number of nitrogens with zero attached hydrogens (tertiary/aromatic N) is 1. The summed E-state index contributed by atoms with van der Waals surface area (Å²) in [7, 11) is 0. The van der Waals surface area contributed by atoms with Gasteiger partial charge in [0, 0.05) is 16.8 Å². The van der Waals surface area contributed by atoms with Gasteiger partial charge >= 0.3 is 0 Å². The van der Waals surface area contributed by atoms with Crippen molar-refractivity contribution in [3.63, 3.8) is 0 Å². The summed E-state index contributed by atoms with van der Waals surface area (Å²) in [6.07, 6.45) is 9.85. The molecule has 1 aliphatic carbocycles. The SMILES string of the molecule is C#Cc1cc(C#N)cc(NC(=O)C2=CCC(C)=C2)c1. The highest BCUT2D eigenvalue weighted by atomic mass is 16.1. The van der Waals surface area contributed by atoms with Gasteiger partial charge in [-0.2, -0.15) is 5.26 Å². The van der Waals surface area contributed by atoms with Gasteiger partial charge in [0.05, 0.1) is 11.6 Å². The van der Waals surface area contributed by atoms with Gasteiger partial charge in [-0.3, -0.25) is 4.79 Å². The molecular formula is C16H12N2O. The fraction of sp³-hybridized carbons (Fsp3) is 0.125. The molecule has 2 rings (SSSR count). The highest BCUT2D eigenvalue weighted by Crippen LogP contribution is 2.19. The van der Waals surface area contributed by atoms with E-state index in [1.165, 1.54) is 0 Å². The molecule has 0 heterocycles. The summed E-state index contributed by atoms with van der Waals surface area (Å²) in [6.45, 7) is 1.98. The van der Waals surface area contributed by atoms with E-state index < -0.39 is 0 Å². The Morgan fingerprint density at radius 1 is 1.37 bits per heavy atom. The van der Waals surface area contributed by atoms with Crippen molar-refractivity contribution in [1.29, 1.82) is 5.26 Å². The summed E-state index contributed by atoms with van der Waals surface area (Å²) in [5, 5.41) is 11.7. The van der Waals surface area contributed by atoms with Crippen LogP contribution in [0.2, 0.25) is 0 Å². The molecule has 0 radical (unpaired) electrons. The average molecular weight is 248 g/mol. The molecule has 1 aromatic rings. The summed E-state index contributed by atoms with van der Waals surface area (Å²) < 4.78 is 0. The number of hydrogen-bond acceptors (Lipinski definition) is 2. The molecule has 0 spiro atoms. The van der Waals surface area contributed by atoms with Gasteiger partial charge in [-0.25, -0.2) is 0 Å². The predicted octanol–water partition coefficient (Wildman–Crippen LogP) is 2.75. The van der Waals surface area contributed by atoms with Crippen LogP contribution in [-0.4, -0.2) is 5.91 Å². The Labute approximate surface area is 112 Å². The van der Waals surface area contributed by atoms with Crippen LogP contribution in [-0.2, 0) is 4.79 Å². The van der Waals surface area contributed by atoms with E-state index >= 15 is 0 Å². The number of terminal acetylenes is 1.